The van der Waals surface area contributed by atoms with Gasteiger partial charge in [-0.2, -0.15) is 0 Å². The molecular formula is C17H18N2O6. The summed E-state index contributed by atoms with van der Waals surface area (Å²) in [6.07, 6.45) is -0.367. The third kappa shape index (κ3) is 2.95. The summed E-state index contributed by atoms with van der Waals surface area (Å²) in [7, 11) is 0. The van der Waals surface area contributed by atoms with Crippen LogP contribution in [0.3, 0.4) is 0 Å². The maximum Gasteiger partial charge on any atom is 0.347 e. The van der Waals surface area contributed by atoms with Gasteiger partial charge in [0.1, 0.15) is 12.1 Å². The molecule has 1 aromatic carbocycles. The molecule has 2 saturated heterocycles. The van der Waals surface area contributed by atoms with Crippen LogP contribution in [-0.2, 0) is 29.4 Å². The Labute approximate surface area is 144 Å². The van der Waals surface area contributed by atoms with Gasteiger partial charge >= 0.3 is 18.0 Å². The maximum absolute atomic E-state index is 12.8. The van der Waals surface area contributed by atoms with Crippen molar-refractivity contribution in [3.05, 3.63) is 35.9 Å². The van der Waals surface area contributed by atoms with Gasteiger partial charge in [0.05, 0.1) is 6.61 Å². The van der Waals surface area contributed by atoms with E-state index in [9.17, 15) is 19.2 Å². The Hall–Kier alpha value is -2.90. The predicted molar refractivity (Wildman–Crippen MR) is 84.1 cm³/mol. The summed E-state index contributed by atoms with van der Waals surface area (Å²) in [5.41, 5.74) is -0.559. The highest BCUT2D eigenvalue weighted by Crippen LogP contribution is 2.32. The molecule has 2 aliphatic heterocycles. The van der Waals surface area contributed by atoms with Gasteiger partial charge in [0.15, 0.2) is 0 Å². The summed E-state index contributed by atoms with van der Waals surface area (Å²) in [6, 6.07) is 8.19. The van der Waals surface area contributed by atoms with Gasteiger partial charge in [-0.05, 0) is 12.0 Å². The molecule has 0 aliphatic carbocycles. The molecule has 0 aromatic heterocycles. The molecule has 8 heteroatoms. The van der Waals surface area contributed by atoms with Gasteiger partial charge in [-0.1, -0.05) is 37.3 Å². The Morgan fingerprint density at radius 1 is 1.32 bits per heavy atom. The predicted octanol–water partition coefficient (Wildman–Crippen LogP) is 0.702. The summed E-state index contributed by atoms with van der Waals surface area (Å²) in [5.74, 6) is -1.96. The molecule has 0 unspecified atom stereocenters. The number of imide groups is 1. The fourth-order valence-electron chi connectivity index (χ4n) is 3.04. The number of ether oxygens (including phenoxy) is 2. The summed E-state index contributed by atoms with van der Waals surface area (Å²) >= 11 is 0. The summed E-state index contributed by atoms with van der Waals surface area (Å²) < 4.78 is 9.71. The third-order valence-corrected chi connectivity index (χ3v) is 4.42. The van der Waals surface area contributed by atoms with E-state index in [0.29, 0.717) is 12.0 Å². The average Bonchev–Trinajstić information content (AvgIpc) is 3.12. The van der Waals surface area contributed by atoms with Crippen LogP contribution in [0.5, 0.6) is 0 Å². The number of rotatable bonds is 5. The molecular weight excluding hydrogens is 328 g/mol. The zero-order chi connectivity index (χ0) is 18.0. The van der Waals surface area contributed by atoms with Crippen LogP contribution in [0.2, 0.25) is 0 Å². The highest BCUT2D eigenvalue weighted by Gasteiger charge is 2.51. The Bertz CT molecular complexity index is 719. The number of hydrogen-bond donors (Lipinski definition) is 1. The number of amides is 3. The minimum atomic E-state index is -1.20. The zero-order valence-corrected chi connectivity index (χ0v) is 13.7. The SMILES string of the molecule is CC[C@]1(c2ccccc2)NC(=O)N(CC(=O)O[C@H]2CCOC2=O)C1=O. The van der Waals surface area contributed by atoms with E-state index < -0.39 is 42.1 Å². The highest BCUT2D eigenvalue weighted by molar-refractivity contribution is 6.09. The van der Waals surface area contributed by atoms with Crippen molar-refractivity contribution in [2.24, 2.45) is 0 Å². The number of carbonyl (C=O) groups excluding carboxylic acids is 4. The van der Waals surface area contributed by atoms with Gasteiger partial charge in [-0.25, -0.2) is 9.59 Å². The normalized spacial score (nSPS) is 25.7. The summed E-state index contributed by atoms with van der Waals surface area (Å²) in [4.78, 5) is 49.3. The molecule has 0 saturated carbocycles. The molecule has 2 heterocycles. The molecule has 25 heavy (non-hydrogen) atoms. The van der Waals surface area contributed by atoms with E-state index in [-0.39, 0.29) is 13.0 Å². The Kier molecular flexibility index (Phi) is 4.43. The maximum atomic E-state index is 12.8. The van der Waals surface area contributed by atoms with E-state index in [1.165, 1.54) is 0 Å². The first-order chi connectivity index (χ1) is 12.0. The molecule has 2 aliphatic rings. The van der Waals surface area contributed by atoms with Crippen LogP contribution in [0.25, 0.3) is 0 Å². The van der Waals surface area contributed by atoms with E-state index in [1.54, 1.807) is 31.2 Å². The molecule has 1 aromatic rings. The smallest absolute Gasteiger partial charge is 0.347 e. The summed E-state index contributed by atoms with van der Waals surface area (Å²) in [6.45, 7) is 1.41. The zero-order valence-electron chi connectivity index (χ0n) is 13.7. The van der Waals surface area contributed by atoms with E-state index in [4.69, 9.17) is 9.47 Å². The van der Waals surface area contributed by atoms with Crippen molar-refractivity contribution < 1.29 is 28.7 Å². The molecule has 8 nitrogen and oxygen atoms in total. The molecule has 3 amide bonds. The van der Waals surface area contributed by atoms with Gasteiger partial charge in [0.2, 0.25) is 6.10 Å². The lowest BCUT2D eigenvalue weighted by atomic mass is 9.87. The van der Waals surface area contributed by atoms with Crippen molar-refractivity contribution >= 4 is 23.9 Å². The van der Waals surface area contributed by atoms with E-state index in [0.717, 1.165) is 4.90 Å². The van der Waals surface area contributed by atoms with Crippen LogP contribution < -0.4 is 5.32 Å². The lowest BCUT2D eigenvalue weighted by Gasteiger charge is -2.25. The van der Waals surface area contributed by atoms with Crippen molar-refractivity contribution in [2.45, 2.75) is 31.4 Å². The Balaban J connectivity index is 1.75. The average molecular weight is 346 g/mol. The second-order valence-corrected chi connectivity index (χ2v) is 5.88. The minimum absolute atomic E-state index is 0.187. The number of carbonyl (C=O) groups is 4. The largest absolute Gasteiger partial charge is 0.463 e. The number of hydrogen-bond acceptors (Lipinski definition) is 6. The van der Waals surface area contributed by atoms with Gasteiger partial charge in [-0.3, -0.25) is 14.5 Å². The second-order valence-electron chi connectivity index (χ2n) is 5.88. The quantitative estimate of drug-likeness (QED) is 0.622. The van der Waals surface area contributed by atoms with Crippen LogP contribution in [0, 0.1) is 0 Å². The lowest BCUT2D eigenvalue weighted by Crippen LogP contribution is -2.44. The molecule has 2 fully saturated rings. The summed E-state index contributed by atoms with van der Waals surface area (Å²) in [5, 5.41) is 2.68. The van der Waals surface area contributed by atoms with Crippen LogP contribution in [0.15, 0.2) is 30.3 Å². The number of nitrogens with zero attached hydrogens (tertiary/aromatic N) is 1. The third-order valence-electron chi connectivity index (χ3n) is 4.42. The van der Waals surface area contributed by atoms with Gasteiger partial charge in [0, 0.05) is 6.42 Å². The van der Waals surface area contributed by atoms with Crippen LogP contribution in [0.4, 0.5) is 4.79 Å². The molecule has 0 bridgehead atoms. The number of benzene rings is 1. The Morgan fingerprint density at radius 3 is 2.64 bits per heavy atom. The minimum Gasteiger partial charge on any atom is -0.463 e. The van der Waals surface area contributed by atoms with Crippen LogP contribution in [-0.4, -0.2) is 48.0 Å². The van der Waals surface area contributed by atoms with E-state index in [1.807, 2.05) is 6.07 Å². The first-order valence-corrected chi connectivity index (χ1v) is 8.03. The first-order valence-electron chi connectivity index (χ1n) is 8.03. The molecule has 132 valence electrons. The van der Waals surface area contributed by atoms with Gasteiger partial charge < -0.3 is 14.8 Å². The number of urea groups is 1. The fraction of sp³-hybridized carbons (Fsp3) is 0.412. The monoisotopic (exact) mass is 346 g/mol. The van der Waals surface area contributed by atoms with Crippen molar-refractivity contribution in [3.8, 4) is 0 Å². The molecule has 0 radical (unpaired) electrons. The van der Waals surface area contributed by atoms with Crippen molar-refractivity contribution in [1.29, 1.82) is 0 Å². The topological polar surface area (TPSA) is 102 Å². The number of cyclic esters (lactones) is 1. The second kappa shape index (κ2) is 6.54. The van der Waals surface area contributed by atoms with Crippen molar-refractivity contribution in [1.82, 2.24) is 10.2 Å². The lowest BCUT2D eigenvalue weighted by molar-refractivity contribution is -0.161. The van der Waals surface area contributed by atoms with Crippen molar-refractivity contribution in [3.63, 3.8) is 0 Å². The standard InChI is InChI=1S/C17H18N2O6/c1-2-17(11-6-4-3-5-7-11)15(22)19(16(23)18-17)10-13(20)25-12-8-9-24-14(12)21/h3-7,12H,2,8-10H2,1H3,(H,18,23)/t12-,17+/m0/s1. The first kappa shape index (κ1) is 16.9. The van der Waals surface area contributed by atoms with Gasteiger partial charge in [0.25, 0.3) is 5.91 Å². The fourth-order valence-corrected chi connectivity index (χ4v) is 3.04. The molecule has 1 N–H and O–H groups in total. The van der Waals surface area contributed by atoms with Crippen molar-refractivity contribution in [2.75, 3.05) is 13.2 Å². The van der Waals surface area contributed by atoms with Crippen LogP contribution >= 0.6 is 0 Å². The number of esters is 2. The van der Waals surface area contributed by atoms with Gasteiger partial charge in [-0.15, -0.1) is 0 Å². The Morgan fingerprint density at radius 2 is 2.04 bits per heavy atom. The molecule has 3 rings (SSSR count). The van der Waals surface area contributed by atoms with E-state index >= 15 is 0 Å². The van der Waals surface area contributed by atoms with E-state index in [2.05, 4.69) is 5.32 Å². The van der Waals surface area contributed by atoms with Crippen LogP contribution in [0.1, 0.15) is 25.3 Å². The molecule has 0 spiro atoms. The highest BCUT2D eigenvalue weighted by atomic mass is 16.6. The molecule has 2 atom stereocenters. The number of nitrogens with one attached hydrogen (secondary N) is 1.